The van der Waals surface area contributed by atoms with E-state index in [1.165, 1.54) is 21.9 Å². The Hall–Kier alpha value is -7.62. The van der Waals surface area contributed by atoms with Crippen LogP contribution in [0.15, 0.2) is 223 Å². The molecule has 0 spiro atoms. The van der Waals surface area contributed by atoms with Gasteiger partial charge in [-0.15, -0.1) is 0 Å². The molecule has 0 N–H and O–H groups in total. The van der Waals surface area contributed by atoms with E-state index >= 15 is 0 Å². The minimum Gasteiger partial charge on any atom is -0.455 e. The second-order valence-electron chi connectivity index (χ2n) is 14.5. The van der Waals surface area contributed by atoms with Crippen LogP contribution >= 0.6 is 0 Å². The monoisotopic (exact) mass is 728 g/mol. The maximum absolute atomic E-state index is 6.80. The molecular weight excluding hydrogens is 693 g/mol. The highest BCUT2D eigenvalue weighted by Gasteiger charge is 2.26. The number of para-hydroxylation sites is 4. The summed E-state index contributed by atoms with van der Waals surface area (Å²) in [5.41, 5.74) is 15.2. The molecular formula is C54H36N2O. The van der Waals surface area contributed by atoms with Crippen LogP contribution in [0.5, 0.6) is 0 Å². The normalized spacial score (nSPS) is 11.5. The number of rotatable bonds is 7. The molecule has 2 aromatic heterocycles. The molecule has 0 aliphatic carbocycles. The van der Waals surface area contributed by atoms with Gasteiger partial charge in [-0.2, -0.15) is 0 Å². The Morgan fingerprint density at radius 2 is 0.930 bits per heavy atom. The molecule has 0 amide bonds. The first kappa shape index (κ1) is 32.8. The molecule has 3 nitrogen and oxygen atoms in total. The summed E-state index contributed by atoms with van der Waals surface area (Å²) in [5, 5.41) is 4.59. The second-order valence-corrected chi connectivity index (χ2v) is 14.5. The van der Waals surface area contributed by atoms with Crippen LogP contribution < -0.4 is 4.90 Å². The number of aromatic nitrogens is 1. The fraction of sp³-hybridized carbons (Fsp3) is 0. The summed E-state index contributed by atoms with van der Waals surface area (Å²) in [6.07, 6.45) is 0. The molecule has 0 saturated heterocycles. The zero-order valence-electron chi connectivity index (χ0n) is 31.1. The molecule has 0 bridgehead atoms. The first-order chi connectivity index (χ1) is 28.3. The molecule has 0 aliphatic heterocycles. The van der Waals surface area contributed by atoms with Gasteiger partial charge in [0, 0.05) is 44.0 Å². The fourth-order valence-electron chi connectivity index (χ4n) is 8.70. The van der Waals surface area contributed by atoms with Crippen molar-refractivity contribution in [2.24, 2.45) is 0 Å². The number of hydrogen-bond acceptors (Lipinski definition) is 2. The van der Waals surface area contributed by atoms with Crippen molar-refractivity contribution in [3.63, 3.8) is 0 Å². The second kappa shape index (κ2) is 13.6. The Morgan fingerprint density at radius 1 is 0.368 bits per heavy atom. The zero-order chi connectivity index (χ0) is 37.7. The van der Waals surface area contributed by atoms with Crippen molar-refractivity contribution in [2.75, 3.05) is 4.90 Å². The predicted molar refractivity (Wildman–Crippen MR) is 239 cm³/mol. The lowest BCUT2D eigenvalue weighted by Crippen LogP contribution is -2.12. The van der Waals surface area contributed by atoms with Gasteiger partial charge in [-0.1, -0.05) is 164 Å². The van der Waals surface area contributed by atoms with E-state index in [0.717, 1.165) is 78.0 Å². The van der Waals surface area contributed by atoms with Gasteiger partial charge >= 0.3 is 0 Å². The van der Waals surface area contributed by atoms with Crippen LogP contribution in [0, 0.1) is 0 Å². The number of nitrogens with zero attached hydrogens (tertiary/aromatic N) is 2. The van der Waals surface area contributed by atoms with E-state index in [1.807, 2.05) is 6.07 Å². The average Bonchev–Trinajstić information content (AvgIpc) is 3.84. The third-order valence-electron chi connectivity index (χ3n) is 11.2. The largest absolute Gasteiger partial charge is 0.455 e. The smallest absolute Gasteiger partial charge is 0.143 e. The van der Waals surface area contributed by atoms with Crippen LogP contribution in [0.3, 0.4) is 0 Å². The Labute approximate surface area is 330 Å². The molecule has 57 heavy (non-hydrogen) atoms. The van der Waals surface area contributed by atoms with Gasteiger partial charge in [0.1, 0.15) is 11.2 Å². The van der Waals surface area contributed by atoms with Crippen LogP contribution in [0.1, 0.15) is 0 Å². The Balaban J connectivity index is 1.25. The minimum atomic E-state index is 0.876. The molecule has 0 aliphatic rings. The van der Waals surface area contributed by atoms with Gasteiger partial charge in [0.15, 0.2) is 0 Å². The van der Waals surface area contributed by atoms with Crippen molar-refractivity contribution in [1.29, 1.82) is 0 Å². The van der Waals surface area contributed by atoms with Crippen molar-refractivity contribution in [2.45, 2.75) is 0 Å². The van der Waals surface area contributed by atoms with Gasteiger partial charge in [-0.05, 0) is 76.9 Å². The van der Waals surface area contributed by atoms with Gasteiger partial charge in [-0.25, -0.2) is 0 Å². The molecule has 11 aromatic rings. The third kappa shape index (κ3) is 5.43. The lowest BCUT2D eigenvalue weighted by atomic mass is 9.91. The van der Waals surface area contributed by atoms with E-state index in [2.05, 4.69) is 222 Å². The lowest BCUT2D eigenvalue weighted by molar-refractivity contribution is 0.670. The molecule has 11 rings (SSSR count). The Kier molecular flexibility index (Phi) is 7.82. The average molecular weight is 729 g/mol. The minimum absolute atomic E-state index is 0.876. The molecule has 0 saturated carbocycles. The van der Waals surface area contributed by atoms with E-state index in [-0.39, 0.29) is 0 Å². The van der Waals surface area contributed by atoms with Crippen LogP contribution in [0.2, 0.25) is 0 Å². The van der Waals surface area contributed by atoms with Crippen LogP contribution in [-0.4, -0.2) is 4.57 Å². The van der Waals surface area contributed by atoms with Crippen molar-refractivity contribution < 1.29 is 4.42 Å². The number of fused-ring (bicyclic) bond motifs is 6. The number of furan rings is 1. The maximum Gasteiger partial charge on any atom is 0.143 e. The van der Waals surface area contributed by atoms with Crippen LogP contribution in [0.4, 0.5) is 17.1 Å². The quantitative estimate of drug-likeness (QED) is 0.163. The molecule has 268 valence electrons. The van der Waals surface area contributed by atoms with Gasteiger partial charge in [0.25, 0.3) is 0 Å². The maximum atomic E-state index is 6.80. The number of benzene rings is 9. The topological polar surface area (TPSA) is 21.3 Å². The highest BCUT2D eigenvalue weighted by Crippen LogP contribution is 2.50. The summed E-state index contributed by atoms with van der Waals surface area (Å²) in [5.74, 6) is 0. The van der Waals surface area contributed by atoms with Crippen LogP contribution in [-0.2, 0) is 0 Å². The van der Waals surface area contributed by atoms with Gasteiger partial charge < -0.3 is 13.9 Å². The predicted octanol–water partition coefficient (Wildman–Crippen LogP) is 15.2. The van der Waals surface area contributed by atoms with E-state index in [1.54, 1.807) is 0 Å². The summed E-state index contributed by atoms with van der Waals surface area (Å²) < 4.78 is 9.19. The van der Waals surface area contributed by atoms with E-state index in [0.29, 0.717) is 0 Å². The molecule has 0 unspecified atom stereocenters. The van der Waals surface area contributed by atoms with Crippen molar-refractivity contribution >= 4 is 60.8 Å². The Bertz CT molecular complexity index is 3220. The molecule has 0 radical (unpaired) electrons. The standard InChI is InChI=1S/C54H36N2O/c1-4-17-37(18-5-1)38-33-35-41(36-34-38)56(50-31-16-30-49-53(50)45-24-10-12-28-47(45)55(49)40-21-8-3-9-22-40)48-29-15-25-42(39-19-6-2-7-20-39)52(48)46-27-14-26-44-43-23-11-13-32-51(43)57-54(44)46/h1-36H. The first-order valence-corrected chi connectivity index (χ1v) is 19.4. The summed E-state index contributed by atoms with van der Waals surface area (Å²) in [6.45, 7) is 0. The number of hydrogen-bond donors (Lipinski definition) is 0. The number of anilines is 3. The molecule has 0 fully saturated rings. The first-order valence-electron chi connectivity index (χ1n) is 19.4. The van der Waals surface area contributed by atoms with Crippen LogP contribution in [0.25, 0.3) is 82.8 Å². The lowest BCUT2D eigenvalue weighted by Gasteiger charge is -2.30. The van der Waals surface area contributed by atoms with Gasteiger partial charge in [-0.3, -0.25) is 0 Å². The van der Waals surface area contributed by atoms with Gasteiger partial charge in [0.2, 0.25) is 0 Å². The zero-order valence-corrected chi connectivity index (χ0v) is 31.1. The summed E-state index contributed by atoms with van der Waals surface area (Å²) in [6, 6.07) is 78.1. The highest BCUT2D eigenvalue weighted by molar-refractivity contribution is 6.18. The molecule has 3 heteroatoms. The van der Waals surface area contributed by atoms with E-state index < -0.39 is 0 Å². The van der Waals surface area contributed by atoms with Crippen molar-refractivity contribution in [3.05, 3.63) is 218 Å². The Morgan fingerprint density at radius 3 is 1.72 bits per heavy atom. The molecule has 2 heterocycles. The molecule has 9 aromatic carbocycles. The highest BCUT2D eigenvalue weighted by atomic mass is 16.3. The fourth-order valence-corrected chi connectivity index (χ4v) is 8.70. The van der Waals surface area contributed by atoms with Crippen molar-refractivity contribution in [1.82, 2.24) is 4.57 Å². The summed E-state index contributed by atoms with van der Waals surface area (Å²) in [7, 11) is 0. The van der Waals surface area contributed by atoms with E-state index in [4.69, 9.17) is 4.42 Å². The third-order valence-corrected chi connectivity index (χ3v) is 11.2. The molecule has 0 atom stereocenters. The van der Waals surface area contributed by atoms with Gasteiger partial charge in [0.05, 0.1) is 22.4 Å². The van der Waals surface area contributed by atoms with Crippen molar-refractivity contribution in [3.8, 4) is 39.1 Å². The summed E-state index contributed by atoms with van der Waals surface area (Å²) in [4.78, 5) is 2.46. The van der Waals surface area contributed by atoms with E-state index in [9.17, 15) is 0 Å². The SMILES string of the molecule is c1ccc(-c2ccc(N(c3cccc(-c4ccccc4)c3-c3cccc4c3oc3ccccc34)c3cccc4c3c3ccccc3n4-c3ccccc3)cc2)cc1. The summed E-state index contributed by atoms with van der Waals surface area (Å²) >= 11 is 0.